The summed E-state index contributed by atoms with van der Waals surface area (Å²) in [6, 6.07) is 6.01. The number of hydrogen-bond acceptors (Lipinski definition) is 3. The molecule has 0 N–H and O–H groups in total. The van der Waals surface area contributed by atoms with Crippen LogP contribution >= 0.6 is 0 Å². The summed E-state index contributed by atoms with van der Waals surface area (Å²) in [6.45, 7) is 4.02. The minimum absolute atomic E-state index is 0.0295. The van der Waals surface area contributed by atoms with Crippen LogP contribution in [0.25, 0.3) is 0 Å². The molecule has 0 spiro atoms. The third-order valence-electron chi connectivity index (χ3n) is 3.86. The third-order valence-corrected chi connectivity index (χ3v) is 5.70. The molecule has 1 aliphatic heterocycles. The quantitative estimate of drug-likeness (QED) is 0.850. The van der Waals surface area contributed by atoms with E-state index in [4.69, 9.17) is 0 Å². The van der Waals surface area contributed by atoms with Crippen LogP contribution in [0.15, 0.2) is 18.2 Å². The lowest BCUT2D eigenvalue weighted by atomic mass is 9.93. The lowest BCUT2D eigenvalue weighted by Crippen LogP contribution is -2.13. The van der Waals surface area contributed by atoms with Gasteiger partial charge in [-0.1, -0.05) is 18.2 Å². The van der Waals surface area contributed by atoms with Crippen molar-refractivity contribution in [3.05, 3.63) is 34.9 Å². The van der Waals surface area contributed by atoms with Crippen molar-refractivity contribution < 1.29 is 13.2 Å². The van der Waals surface area contributed by atoms with Crippen molar-refractivity contribution in [2.24, 2.45) is 5.92 Å². The number of rotatable bonds is 4. The average Bonchev–Trinajstić information content (AvgIpc) is 2.63. The van der Waals surface area contributed by atoms with Gasteiger partial charge in [0.15, 0.2) is 9.84 Å². The molecule has 4 heteroatoms. The first kappa shape index (κ1) is 14.3. The Morgan fingerprint density at radius 1 is 1.26 bits per heavy atom. The molecule has 0 saturated carbocycles. The fraction of sp³-hybridized carbons (Fsp3) is 0.533. The van der Waals surface area contributed by atoms with Crippen molar-refractivity contribution in [2.45, 2.75) is 33.1 Å². The largest absolute Gasteiger partial charge is 0.299 e. The molecule has 0 aliphatic carbocycles. The first-order valence-corrected chi connectivity index (χ1v) is 8.47. The molecule has 0 amide bonds. The van der Waals surface area contributed by atoms with E-state index in [1.54, 1.807) is 0 Å². The number of benzene rings is 1. The first-order chi connectivity index (χ1) is 8.87. The van der Waals surface area contributed by atoms with Crippen LogP contribution in [0.4, 0.5) is 0 Å². The number of sulfone groups is 1. The third kappa shape index (κ3) is 3.66. The molecule has 1 aromatic carbocycles. The number of carbonyl (C=O) groups is 1. The maximum atomic E-state index is 12.1. The highest BCUT2D eigenvalue weighted by molar-refractivity contribution is 7.91. The van der Waals surface area contributed by atoms with E-state index in [2.05, 4.69) is 0 Å². The topological polar surface area (TPSA) is 51.2 Å². The molecule has 104 valence electrons. The zero-order valence-corrected chi connectivity index (χ0v) is 12.3. The molecule has 1 aliphatic rings. The van der Waals surface area contributed by atoms with Gasteiger partial charge in [0.05, 0.1) is 11.5 Å². The van der Waals surface area contributed by atoms with Gasteiger partial charge in [0.2, 0.25) is 0 Å². The van der Waals surface area contributed by atoms with Gasteiger partial charge in [-0.25, -0.2) is 8.42 Å². The van der Waals surface area contributed by atoms with Gasteiger partial charge >= 0.3 is 0 Å². The van der Waals surface area contributed by atoms with Crippen LogP contribution in [-0.4, -0.2) is 25.7 Å². The summed E-state index contributed by atoms with van der Waals surface area (Å²) in [5.74, 6) is 0.612. The predicted molar refractivity (Wildman–Crippen MR) is 76.0 cm³/mol. The maximum absolute atomic E-state index is 12.1. The molecule has 1 aromatic rings. The normalized spacial score (nSPS) is 21.5. The van der Waals surface area contributed by atoms with Gasteiger partial charge in [-0.15, -0.1) is 0 Å². The van der Waals surface area contributed by atoms with Crippen molar-refractivity contribution >= 4 is 15.6 Å². The van der Waals surface area contributed by atoms with Crippen LogP contribution in [0.1, 0.15) is 29.5 Å². The predicted octanol–water partition coefficient (Wildman–Crippen LogP) is 2.24. The smallest absolute Gasteiger partial charge is 0.150 e. The minimum atomic E-state index is -2.88. The zero-order valence-electron chi connectivity index (χ0n) is 11.5. The summed E-state index contributed by atoms with van der Waals surface area (Å²) >= 11 is 0. The lowest BCUT2D eigenvalue weighted by molar-refractivity contribution is -0.119. The number of aryl methyl sites for hydroxylation is 2. The first-order valence-electron chi connectivity index (χ1n) is 6.64. The van der Waals surface area contributed by atoms with E-state index in [0.717, 1.165) is 16.7 Å². The van der Waals surface area contributed by atoms with Crippen LogP contribution < -0.4 is 0 Å². The summed E-state index contributed by atoms with van der Waals surface area (Å²) in [5, 5.41) is 0. The van der Waals surface area contributed by atoms with E-state index in [1.165, 1.54) is 0 Å². The van der Waals surface area contributed by atoms with E-state index >= 15 is 0 Å². The van der Waals surface area contributed by atoms with Crippen molar-refractivity contribution in [3.63, 3.8) is 0 Å². The SMILES string of the molecule is Cc1cccc(C)c1CC(=O)CC1CCS(=O)(=O)C1. The standard InChI is InChI=1S/C15H20O3S/c1-11-4-3-5-12(2)15(11)9-14(16)8-13-6-7-19(17,18)10-13/h3-5,13H,6-10H2,1-2H3. The van der Waals surface area contributed by atoms with E-state index in [-0.39, 0.29) is 23.2 Å². The maximum Gasteiger partial charge on any atom is 0.150 e. The van der Waals surface area contributed by atoms with Crippen LogP contribution in [0.2, 0.25) is 0 Å². The summed E-state index contributed by atoms with van der Waals surface area (Å²) < 4.78 is 22.8. The Bertz CT molecular complexity index is 567. The molecule has 1 unspecified atom stereocenters. The van der Waals surface area contributed by atoms with Gasteiger partial charge in [-0.3, -0.25) is 4.79 Å². The van der Waals surface area contributed by atoms with E-state index in [9.17, 15) is 13.2 Å². The minimum Gasteiger partial charge on any atom is -0.299 e. The van der Waals surface area contributed by atoms with E-state index in [1.807, 2.05) is 32.0 Å². The Kier molecular flexibility index (Phi) is 4.09. The van der Waals surface area contributed by atoms with Gasteiger partial charge in [0.1, 0.15) is 5.78 Å². The van der Waals surface area contributed by atoms with Crippen molar-refractivity contribution in [1.82, 2.24) is 0 Å². The molecular formula is C15H20O3S. The second-order valence-corrected chi connectivity index (χ2v) is 7.79. The van der Waals surface area contributed by atoms with E-state index < -0.39 is 9.84 Å². The molecule has 19 heavy (non-hydrogen) atoms. The van der Waals surface area contributed by atoms with Crippen molar-refractivity contribution in [1.29, 1.82) is 0 Å². The number of carbonyl (C=O) groups excluding carboxylic acids is 1. The summed E-state index contributed by atoms with van der Waals surface area (Å²) in [6.07, 6.45) is 1.46. The molecule has 1 atom stereocenters. The average molecular weight is 280 g/mol. The Hall–Kier alpha value is -1.16. The second-order valence-electron chi connectivity index (χ2n) is 5.56. The highest BCUT2D eigenvalue weighted by Gasteiger charge is 2.29. The molecule has 1 fully saturated rings. The van der Waals surface area contributed by atoms with Gasteiger partial charge in [0, 0.05) is 12.8 Å². The molecule has 3 nitrogen and oxygen atoms in total. The van der Waals surface area contributed by atoms with Gasteiger partial charge in [-0.05, 0) is 42.9 Å². The molecule has 0 radical (unpaired) electrons. The Morgan fingerprint density at radius 2 is 1.89 bits per heavy atom. The van der Waals surface area contributed by atoms with Crippen molar-refractivity contribution in [2.75, 3.05) is 11.5 Å². The summed E-state index contributed by atoms with van der Waals surface area (Å²) in [4.78, 5) is 12.1. The highest BCUT2D eigenvalue weighted by Crippen LogP contribution is 2.23. The van der Waals surface area contributed by atoms with Gasteiger partial charge in [0.25, 0.3) is 0 Å². The Morgan fingerprint density at radius 3 is 2.42 bits per heavy atom. The zero-order chi connectivity index (χ0) is 14.0. The molecule has 0 bridgehead atoms. The molecular weight excluding hydrogens is 260 g/mol. The fourth-order valence-corrected chi connectivity index (χ4v) is 4.61. The summed E-state index contributed by atoms with van der Waals surface area (Å²) in [7, 11) is -2.88. The molecule has 1 saturated heterocycles. The Balaban J connectivity index is 1.99. The van der Waals surface area contributed by atoms with E-state index in [0.29, 0.717) is 19.3 Å². The van der Waals surface area contributed by atoms with Crippen molar-refractivity contribution in [3.8, 4) is 0 Å². The van der Waals surface area contributed by atoms with Gasteiger partial charge < -0.3 is 0 Å². The molecule has 2 rings (SSSR count). The number of hydrogen-bond donors (Lipinski definition) is 0. The molecule has 0 aromatic heterocycles. The van der Waals surface area contributed by atoms with Crippen LogP contribution in [0.3, 0.4) is 0 Å². The van der Waals surface area contributed by atoms with Gasteiger partial charge in [-0.2, -0.15) is 0 Å². The highest BCUT2D eigenvalue weighted by atomic mass is 32.2. The van der Waals surface area contributed by atoms with Crippen LogP contribution in [-0.2, 0) is 21.1 Å². The lowest BCUT2D eigenvalue weighted by Gasteiger charge is -2.10. The number of Topliss-reactive ketones (excluding diaryl/α,β-unsaturated/α-hetero) is 1. The monoisotopic (exact) mass is 280 g/mol. The Labute approximate surface area is 114 Å². The van der Waals surface area contributed by atoms with Crippen LogP contribution in [0, 0.1) is 19.8 Å². The number of ketones is 1. The summed E-state index contributed by atoms with van der Waals surface area (Å²) in [5.41, 5.74) is 3.35. The molecule has 1 heterocycles. The fourth-order valence-electron chi connectivity index (χ4n) is 2.75. The van der Waals surface area contributed by atoms with Crippen LogP contribution in [0.5, 0.6) is 0 Å². The second kappa shape index (κ2) is 5.45.